The number of rotatable bonds is 5. The number of nitro groups is 4. The summed E-state index contributed by atoms with van der Waals surface area (Å²) in [4.78, 5) is 38.4. The van der Waals surface area contributed by atoms with E-state index in [0.717, 1.165) is 30.3 Å². The van der Waals surface area contributed by atoms with Crippen molar-refractivity contribution in [1.29, 1.82) is 0 Å². The molecule has 0 saturated heterocycles. The lowest BCUT2D eigenvalue weighted by Gasteiger charge is -1.99. The highest BCUT2D eigenvalue weighted by Crippen LogP contribution is 2.30. The molecule has 0 amide bonds. The first-order chi connectivity index (χ1) is 12.6. The maximum atomic E-state index is 10.5. The normalized spacial score (nSPS) is 9.56. The molecule has 2 rings (SSSR count). The topological polar surface area (TPSA) is 182 Å². The van der Waals surface area contributed by atoms with Crippen molar-refractivity contribution in [2.75, 3.05) is 7.11 Å². The standard InChI is InChI=1S/C7H6N2O5.C6H3ClN2O4/c1-14-7-3-2-5(8(10)11)4-6(7)9(12)13;7-5-2-1-4(8(10)11)3-6(5)9(12)13/h2-4H,1H3;1-3H. The number of halogens is 1. The van der Waals surface area contributed by atoms with Crippen molar-refractivity contribution >= 4 is 34.4 Å². The molecule has 13 nitrogen and oxygen atoms in total. The van der Waals surface area contributed by atoms with Gasteiger partial charge >= 0.3 is 5.69 Å². The summed E-state index contributed by atoms with van der Waals surface area (Å²) < 4.78 is 4.68. The van der Waals surface area contributed by atoms with E-state index in [1.807, 2.05) is 0 Å². The minimum atomic E-state index is -0.769. The minimum absolute atomic E-state index is 0.000556. The first-order valence-corrected chi connectivity index (χ1v) is 7.01. The van der Waals surface area contributed by atoms with Gasteiger partial charge in [0.15, 0.2) is 5.75 Å². The van der Waals surface area contributed by atoms with Crippen molar-refractivity contribution < 1.29 is 24.4 Å². The third kappa shape index (κ3) is 5.57. The summed E-state index contributed by atoms with van der Waals surface area (Å²) in [7, 11) is 1.26. The second kappa shape index (κ2) is 9.00. The summed E-state index contributed by atoms with van der Waals surface area (Å²) in [5.74, 6) is 0.000556. The largest absolute Gasteiger partial charge is 0.490 e. The van der Waals surface area contributed by atoms with Gasteiger partial charge in [-0.25, -0.2) is 0 Å². The highest BCUT2D eigenvalue weighted by Gasteiger charge is 2.19. The van der Waals surface area contributed by atoms with Crippen LogP contribution in [0.1, 0.15) is 0 Å². The van der Waals surface area contributed by atoms with Gasteiger partial charge in [-0.2, -0.15) is 0 Å². The molecule has 2 aromatic carbocycles. The van der Waals surface area contributed by atoms with Crippen molar-refractivity contribution in [1.82, 2.24) is 0 Å². The van der Waals surface area contributed by atoms with E-state index in [0.29, 0.717) is 0 Å². The van der Waals surface area contributed by atoms with Crippen LogP contribution in [0.5, 0.6) is 5.75 Å². The van der Waals surface area contributed by atoms with E-state index in [2.05, 4.69) is 4.74 Å². The lowest BCUT2D eigenvalue weighted by atomic mass is 10.2. The third-order valence-electron chi connectivity index (χ3n) is 2.91. The molecule has 0 aliphatic rings. The van der Waals surface area contributed by atoms with Crippen molar-refractivity contribution in [2.45, 2.75) is 0 Å². The van der Waals surface area contributed by atoms with Gasteiger partial charge in [0.2, 0.25) is 0 Å². The molecule has 0 saturated carbocycles. The van der Waals surface area contributed by atoms with Crippen molar-refractivity contribution in [3.8, 4) is 5.75 Å². The Morgan fingerprint density at radius 1 is 0.741 bits per heavy atom. The fourth-order valence-electron chi connectivity index (χ4n) is 1.69. The molecule has 27 heavy (non-hydrogen) atoms. The van der Waals surface area contributed by atoms with E-state index < -0.39 is 31.1 Å². The van der Waals surface area contributed by atoms with Gasteiger partial charge in [-0.1, -0.05) is 11.6 Å². The lowest BCUT2D eigenvalue weighted by Crippen LogP contribution is -1.95. The molecular formula is C13H9ClN4O9. The van der Waals surface area contributed by atoms with Crippen LogP contribution in [-0.2, 0) is 0 Å². The quantitative estimate of drug-likeness (QED) is 0.533. The smallest absolute Gasteiger partial charge is 0.317 e. The van der Waals surface area contributed by atoms with E-state index in [1.165, 1.54) is 13.2 Å². The van der Waals surface area contributed by atoms with Gasteiger partial charge in [0, 0.05) is 12.1 Å². The van der Waals surface area contributed by atoms with Crippen molar-refractivity contribution in [3.05, 3.63) is 81.9 Å². The first-order valence-electron chi connectivity index (χ1n) is 6.63. The molecule has 0 aliphatic heterocycles. The molecule has 0 aromatic heterocycles. The fourth-order valence-corrected chi connectivity index (χ4v) is 1.88. The third-order valence-corrected chi connectivity index (χ3v) is 3.23. The van der Waals surface area contributed by atoms with Crippen molar-refractivity contribution in [2.24, 2.45) is 0 Å². The van der Waals surface area contributed by atoms with Crippen LogP contribution in [0, 0.1) is 40.5 Å². The Morgan fingerprint density at radius 2 is 1.19 bits per heavy atom. The fraction of sp³-hybridized carbons (Fsp3) is 0.0769. The number of nitro benzene ring substituents is 4. The molecule has 14 heteroatoms. The Morgan fingerprint density at radius 3 is 1.59 bits per heavy atom. The molecule has 0 spiro atoms. The summed E-state index contributed by atoms with van der Waals surface area (Å²) in [6.45, 7) is 0. The Balaban J connectivity index is 0.000000271. The zero-order chi connectivity index (χ0) is 20.7. The maximum absolute atomic E-state index is 10.5. The number of ether oxygens (including phenoxy) is 1. The highest BCUT2D eigenvalue weighted by molar-refractivity contribution is 6.32. The van der Waals surface area contributed by atoms with Gasteiger partial charge in [0.05, 0.1) is 38.9 Å². The molecule has 2 aromatic rings. The van der Waals surface area contributed by atoms with Crippen LogP contribution in [0.25, 0.3) is 0 Å². The zero-order valence-corrected chi connectivity index (χ0v) is 14.1. The summed E-state index contributed by atoms with van der Waals surface area (Å²) in [5.41, 5.74) is -1.56. The Hall–Kier alpha value is -3.87. The summed E-state index contributed by atoms with van der Waals surface area (Å²) in [6.07, 6.45) is 0. The highest BCUT2D eigenvalue weighted by atomic mass is 35.5. The first kappa shape index (κ1) is 21.2. The zero-order valence-electron chi connectivity index (χ0n) is 13.3. The van der Waals surface area contributed by atoms with Crippen LogP contribution in [0.2, 0.25) is 5.02 Å². The van der Waals surface area contributed by atoms with Crippen LogP contribution in [0.15, 0.2) is 36.4 Å². The van der Waals surface area contributed by atoms with E-state index >= 15 is 0 Å². The molecule has 0 N–H and O–H groups in total. The maximum Gasteiger partial charge on any atom is 0.317 e. The summed E-state index contributed by atoms with van der Waals surface area (Å²) in [5, 5.41) is 41.2. The van der Waals surface area contributed by atoms with Crippen molar-refractivity contribution in [3.63, 3.8) is 0 Å². The molecule has 0 bridgehead atoms. The predicted molar refractivity (Wildman–Crippen MR) is 91.1 cm³/mol. The molecule has 0 atom stereocenters. The predicted octanol–water partition coefficient (Wildman–Crippen LogP) is 3.67. The van der Waals surface area contributed by atoms with Gasteiger partial charge in [-0.05, 0) is 12.1 Å². The number of methoxy groups -OCH3 is 1. The van der Waals surface area contributed by atoms with E-state index in [-0.39, 0.29) is 22.1 Å². The Kier molecular flexibility index (Phi) is 7.06. The number of hydrogen-bond donors (Lipinski definition) is 0. The van der Waals surface area contributed by atoms with Crippen LogP contribution in [0.4, 0.5) is 22.7 Å². The average molecular weight is 401 g/mol. The number of hydrogen-bond acceptors (Lipinski definition) is 9. The van der Waals surface area contributed by atoms with Crippen LogP contribution in [0.3, 0.4) is 0 Å². The molecule has 0 heterocycles. The monoisotopic (exact) mass is 400 g/mol. The Bertz CT molecular complexity index is 919. The van der Waals surface area contributed by atoms with Gasteiger partial charge in [0.1, 0.15) is 5.02 Å². The van der Waals surface area contributed by atoms with E-state index in [1.54, 1.807) is 0 Å². The minimum Gasteiger partial charge on any atom is -0.490 e. The Labute approximate surface area is 154 Å². The summed E-state index contributed by atoms with van der Waals surface area (Å²) >= 11 is 5.43. The van der Waals surface area contributed by atoms with Gasteiger partial charge in [-0.15, -0.1) is 0 Å². The summed E-state index contributed by atoms with van der Waals surface area (Å²) in [6, 6.07) is 6.25. The van der Waals surface area contributed by atoms with Gasteiger partial charge in [0.25, 0.3) is 17.1 Å². The second-order valence-corrected chi connectivity index (χ2v) is 4.93. The molecule has 142 valence electrons. The van der Waals surface area contributed by atoms with E-state index in [4.69, 9.17) is 11.6 Å². The number of nitrogens with zero attached hydrogens (tertiary/aromatic N) is 4. The van der Waals surface area contributed by atoms with Crippen LogP contribution < -0.4 is 4.74 Å². The second-order valence-electron chi connectivity index (χ2n) is 4.52. The molecule has 0 unspecified atom stereocenters. The average Bonchev–Trinajstić information content (AvgIpc) is 2.61. The van der Waals surface area contributed by atoms with Crippen LogP contribution >= 0.6 is 11.6 Å². The molecule has 0 fully saturated rings. The number of non-ortho nitro benzene ring substituents is 2. The molecule has 0 aliphatic carbocycles. The van der Waals surface area contributed by atoms with Gasteiger partial charge in [-0.3, -0.25) is 40.5 Å². The lowest BCUT2D eigenvalue weighted by molar-refractivity contribution is -0.394. The number of benzene rings is 2. The van der Waals surface area contributed by atoms with Gasteiger partial charge < -0.3 is 4.74 Å². The van der Waals surface area contributed by atoms with Crippen LogP contribution in [-0.4, -0.2) is 26.8 Å². The van der Waals surface area contributed by atoms with E-state index in [9.17, 15) is 40.5 Å². The SMILES string of the molecule is COc1ccc([N+](=O)[O-])cc1[N+](=O)[O-].O=[N+]([O-])c1ccc(Cl)c([N+](=O)[O-])c1. The molecular weight excluding hydrogens is 392 g/mol. The molecule has 0 radical (unpaired) electrons.